The van der Waals surface area contributed by atoms with Gasteiger partial charge in [-0.2, -0.15) is 0 Å². The molecule has 2 atom stereocenters. The first-order valence-corrected chi connectivity index (χ1v) is 18.8. The van der Waals surface area contributed by atoms with Crippen molar-refractivity contribution in [1.82, 2.24) is 40.9 Å². The summed E-state index contributed by atoms with van der Waals surface area (Å²) < 4.78 is 0. The second-order valence-electron chi connectivity index (χ2n) is 13.7. The monoisotopic (exact) mass is 817 g/mol. The van der Waals surface area contributed by atoms with E-state index < -0.39 is 60.3 Å². The van der Waals surface area contributed by atoms with Crippen molar-refractivity contribution < 1.29 is 68.7 Å². The second kappa shape index (κ2) is 28.3. The number of hydrogen-bond acceptors (Lipinski definition) is 13. The van der Waals surface area contributed by atoms with Gasteiger partial charge >= 0.3 is 35.9 Å². The van der Waals surface area contributed by atoms with Crippen molar-refractivity contribution >= 4 is 53.6 Å². The predicted octanol–water partition coefficient (Wildman–Crippen LogP) is -3.10. The van der Waals surface area contributed by atoms with Gasteiger partial charge in [0, 0.05) is 78.3 Å². The van der Waals surface area contributed by atoms with Gasteiger partial charge in [0.2, 0.25) is 17.7 Å². The molecule has 11 N–H and O–H groups in total. The van der Waals surface area contributed by atoms with Crippen LogP contribution in [0.25, 0.3) is 0 Å². The van der Waals surface area contributed by atoms with Gasteiger partial charge in [-0.25, -0.2) is 14.4 Å². The molecular formula is C34H59N9O14. The third-order valence-corrected chi connectivity index (χ3v) is 8.89. The third kappa shape index (κ3) is 25.6. The highest BCUT2D eigenvalue weighted by Gasteiger charge is 2.25. The van der Waals surface area contributed by atoms with Gasteiger partial charge in [0.05, 0.1) is 26.2 Å². The molecule has 1 heterocycles. The molecule has 0 radical (unpaired) electrons. The fourth-order valence-corrected chi connectivity index (χ4v) is 5.82. The summed E-state index contributed by atoms with van der Waals surface area (Å²) in [6.07, 6.45) is 1.86. The van der Waals surface area contributed by atoms with Crippen LogP contribution in [0.1, 0.15) is 57.8 Å². The number of nitrogens with two attached hydrogens (primary N) is 1. The van der Waals surface area contributed by atoms with Crippen LogP contribution in [0.15, 0.2) is 0 Å². The Morgan fingerprint density at radius 2 is 0.895 bits per heavy atom. The third-order valence-electron chi connectivity index (χ3n) is 8.89. The number of aliphatic carboxylic acids is 5. The first-order valence-electron chi connectivity index (χ1n) is 18.8. The van der Waals surface area contributed by atoms with Crippen molar-refractivity contribution in [2.24, 2.45) is 5.73 Å². The number of carbonyl (C=O) groups is 9. The normalized spacial score (nSPS) is 16.1. The highest BCUT2D eigenvalue weighted by Crippen LogP contribution is 2.05. The molecule has 5 amide bonds. The van der Waals surface area contributed by atoms with Crippen LogP contribution in [0.2, 0.25) is 0 Å². The van der Waals surface area contributed by atoms with E-state index in [0.29, 0.717) is 91.0 Å². The Morgan fingerprint density at radius 1 is 0.474 bits per heavy atom. The van der Waals surface area contributed by atoms with Gasteiger partial charge in [-0.3, -0.25) is 48.4 Å². The molecule has 1 rings (SSSR count). The van der Waals surface area contributed by atoms with Crippen LogP contribution >= 0.6 is 0 Å². The molecule has 0 aromatic heterocycles. The van der Waals surface area contributed by atoms with Crippen LogP contribution in [0.4, 0.5) is 4.79 Å². The average molecular weight is 818 g/mol. The number of unbranched alkanes of at least 4 members (excludes halogenated alkanes) is 3. The molecule has 57 heavy (non-hydrogen) atoms. The van der Waals surface area contributed by atoms with Crippen LogP contribution in [0.3, 0.4) is 0 Å². The van der Waals surface area contributed by atoms with Gasteiger partial charge in [-0.1, -0.05) is 6.42 Å². The molecule has 1 aliphatic heterocycles. The summed E-state index contributed by atoms with van der Waals surface area (Å²) in [5, 5.41) is 55.9. The standard InChI is InChI=1S/C34H59N9O14/c35-26(44)20-40-12-16-42(22-30(49)50)18-14-41(15-19-43(17-13-40)23-31(51)52)21-28(46)37-10-4-1-2-7-27(45)36-11-5-3-6-24(32(53)54)38-34(57)39-25(33(55)56)8-9-29(47)48/h24-25H,1-23H2,(H2,35,44)(H,36,45)(H,37,46)(H,47,48)(H,49,50)(H,51,52)(H,53,54)(H,55,56)(H2,38,39,57)/t24-,25-/m0/s1. The zero-order chi connectivity index (χ0) is 42.8. The van der Waals surface area contributed by atoms with Crippen molar-refractivity contribution in [3.63, 3.8) is 0 Å². The first-order chi connectivity index (χ1) is 26.9. The minimum Gasteiger partial charge on any atom is -0.481 e. The van der Waals surface area contributed by atoms with E-state index in [2.05, 4.69) is 21.3 Å². The smallest absolute Gasteiger partial charge is 0.326 e. The van der Waals surface area contributed by atoms with Crippen molar-refractivity contribution in [2.45, 2.75) is 69.9 Å². The molecule has 0 unspecified atom stereocenters. The Morgan fingerprint density at radius 3 is 1.33 bits per heavy atom. The maximum atomic E-state index is 12.8. The number of nitrogens with zero attached hydrogens (tertiary/aromatic N) is 4. The van der Waals surface area contributed by atoms with Crippen molar-refractivity contribution in [1.29, 1.82) is 0 Å². The van der Waals surface area contributed by atoms with Gasteiger partial charge in [0.1, 0.15) is 12.1 Å². The summed E-state index contributed by atoms with van der Waals surface area (Å²) >= 11 is 0. The summed E-state index contributed by atoms with van der Waals surface area (Å²) in [6.45, 7) is 2.75. The lowest BCUT2D eigenvalue weighted by Crippen LogP contribution is -2.51. The molecule has 0 aromatic carbocycles. The zero-order valence-corrected chi connectivity index (χ0v) is 32.2. The number of amides is 5. The highest BCUT2D eigenvalue weighted by atomic mass is 16.4. The van der Waals surface area contributed by atoms with E-state index >= 15 is 0 Å². The molecule has 23 heteroatoms. The Hall–Kier alpha value is -5.13. The zero-order valence-electron chi connectivity index (χ0n) is 32.2. The van der Waals surface area contributed by atoms with E-state index in [1.165, 1.54) is 0 Å². The number of carboxylic acids is 5. The number of urea groups is 1. The van der Waals surface area contributed by atoms with Crippen molar-refractivity contribution in [3.05, 3.63) is 0 Å². The largest absolute Gasteiger partial charge is 0.481 e. The summed E-state index contributed by atoms with van der Waals surface area (Å²) in [6, 6.07) is -3.91. The minimum atomic E-state index is -1.51. The molecule has 0 bridgehead atoms. The average Bonchev–Trinajstić information content (AvgIpc) is 3.10. The highest BCUT2D eigenvalue weighted by molar-refractivity contribution is 5.86. The minimum absolute atomic E-state index is 0.000157. The van der Waals surface area contributed by atoms with Gasteiger partial charge in [0.25, 0.3) is 0 Å². The maximum Gasteiger partial charge on any atom is 0.326 e. The van der Waals surface area contributed by atoms with Gasteiger partial charge in [-0.15, -0.1) is 0 Å². The lowest BCUT2D eigenvalue weighted by Gasteiger charge is -2.33. The van der Waals surface area contributed by atoms with Crippen LogP contribution in [-0.2, 0) is 38.4 Å². The fraction of sp³-hybridized carbons (Fsp3) is 0.735. The first kappa shape index (κ1) is 49.9. The predicted molar refractivity (Wildman–Crippen MR) is 200 cm³/mol. The number of primary amides is 1. The number of nitrogens with one attached hydrogen (secondary N) is 4. The topological polar surface area (TPSA) is 342 Å². The van der Waals surface area contributed by atoms with Gasteiger partial charge in [-0.05, 0) is 38.5 Å². The molecule has 1 fully saturated rings. The molecule has 0 saturated carbocycles. The Labute approximate surface area is 330 Å². The van der Waals surface area contributed by atoms with Crippen LogP contribution in [0, 0.1) is 0 Å². The van der Waals surface area contributed by atoms with E-state index in [0.717, 1.165) is 0 Å². The van der Waals surface area contributed by atoms with Gasteiger partial charge < -0.3 is 52.5 Å². The summed E-state index contributed by atoms with van der Waals surface area (Å²) in [5.74, 6) is -7.12. The summed E-state index contributed by atoms with van der Waals surface area (Å²) in [7, 11) is 0. The van der Waals surface area contributed by atoms with E-state index in [-0.39, 0.29) is 63.8 Å². The Balaban J connectivity index is 2.44. The maximum absolute atomic E-state index is 12.8. The van der Waals surface area contributed by atoms with Crippen LogP contribution < -0.4 is 27.0 Å². The van der Waals surface area contributed by atoms with Gasteiger partial charge in [0.15, 0.2) is 0 Å². The Bertz CT molecular complexity index is 1320. The molecule has 324 valence electrons. The molecule has 0 spiro atoms. The lowest BCUT2D eigenvalue weighted by molar-refractivity contribution is -0.141. The second-order valence-corrected chi connectivity index (χ2v) is 13.7. The van der Waals surface area contributed by atoms with Crippen LogP contribution in [-0.4, -0.2) is 202 Å². The number of carboxylic acid groups (broad SMARTS) is 5. The molecule has 1 saturated heterocycles. The number of hydrogen-bond donors (Lipinski definition) is 10. The molecular weight excluding hydrogens is 758 g/mol. The SMILES string of the molecule is NC(=O)CN1CCN(CC(=O)O)CCN(CC(=O)NCCCCCC(=O)NCCCC[C@H](NC(=O)N[C@@H](CCC(=O)O)C(=O)O)C(=O)O)CCN(CC(=O)O)CC1. The molecule has 23 nitrogen and oxygen atoms in total. The van der Waals surface area contributed by atoms with E-state index in [4.69, 9.17) is 15.9 Å². The molecule has 0 aliphatic carbocycles. The summed E-state index contributed by atoms with van der Waals surface area (Å²) in [5.41, 5.74) is 5.38. The number of rotatable bonds is 26. The molecule has 1 aliphatic rings. The lowest BCUT2D eigenvalue weighted by atomic mass is 10.1. The quantitative estimate of drug-likeness (QED) is 0.0386. The van der Waals surface area contributed by atoms with E-state index in [1.807, 2.05) is 4.90 Å². The Kier molecular flexibility index (Phi) is 24.8. The molecule has 0 aromatic rings. The van der Waals surface area contributed by atoms with E-state index in [9.17, 15) is 58.5 Å². The van der Waals surface area contributed by atoms with E-state index in [1.54, 1.807) is 14.7 Å². The van der Waals surface area contributed by atoms with Crippen molar-refractivity contribution in [3.8, 4) is 0 Å². The number of carbonyl (C=O) groups excluding carboxylic acids is 4. The fourth-order valence-electron chi connectivity index (χ4n) is 5.82. The van der Waals surface area contributed by atoms with Crippen molar-refractivity contribution in [2.75, 3.05) is 91.6 Å². The van der Waals surface area contributed by atoms with Crippen LogP contribution in [0.5, 0.6) is 0 Å². The summed E-state index contributed by atoms with van der Waals surface area (Å²) in [4.78, 5) is 112.